The summed E-state index contributed by atoms with van der Waals surface area (Å²) in [5.41, 5.74) is 1.38. The highest BCUT2D eigenvalue weighted by Gasteiger charge is 2.35. The average molecular weight is 566 g/mol. The van der Waals surface area contributed by atoms with E-state index in [-0.39, 0.29) is 17.1 Å². The van der Waals surface area contributed by atoms with Crippen molar-refractivity contribution in [2.75, 3.05) is 64.9 Å². The Morgan fingerprint density at radius 2 is 1.90 bits per heavy atom. The standard InChI is InChI=1S/C26H31ClF3N7O2/c1-31-8-3-9-36(2)22-7-4-18-20(35-22)6-5-19(27)23(18)24(38)32-16-21(37-10-12-39-13-11-37)17-14-33-25(34-15-17)26(28,29)30/h4-7,14-15,21,31H,3,8-13,16H2,1-2H3,(H,32,38). The molecule has 1 atom stereocenters. The Hall–Kier alpha value is -3.06. The van der Waals surface area contributed by atoms with Crippen LogP contribution < -0.4 is 15.5 Å². The van der Waals surface area contributed by atoms with Crippen LogP contribution in [0.5, 0.6) is 0 Å². The third-order valence-corrected chi connectivity index (χ3v) is 6.91. The van der Waals surface area contributed by atoms with E-state index in [1.165, 1.54) is 0 Å². The molecular weight excluding hydrogens is 535 g/mol. The van der Waals surface area contributed by atoms with Gasteiger partial charge in [0, 0.05) is 56.6 Å². The number of carbonyl (C=O) groups is 1. The molecule has 2 aromatic heterocycles. The average Bonchev–Trinajstić information content (AvgIpc) is 2.93. The van der Waals surface area contributed by atoms with Crippen molar-refractivity contribution >= 4 is 34.2 Å². The zero-order valence-corrected chi connectivity index (χ0v) is 22.5. The first-order valence-electron chi connectivity index (χ1n) is 12.6. The van der Waals surface area contributed by atoms with E-state index in [2.05, 4.69) is 20.6 Å². The molecule has 3 heterocycles. The van der Waals surface area contributed by atoms with Crippen molar-refractivity contribution in [3.05, 3.63) is 58.6 Å². The summed E-state index contributed by atoms with van der Waals surface area (Å²) >= 11 is 6.47. The monoisotopic (exact) mass is 565 g/mol. The molecule has 39 heavy (non-hydrogen) atoms. The molecule has 0 spiro atoms. The number of amides is 1. The van der Waals surface area contributed by atoms with Gasteiger partial charge in [-0.25, -0.2) is 15.0 Å². The number of morpholine rings is 1. The number of hydrogen-bond donors (Lipinski definition) is 2. The van der Waals surface area contributed by atoms with Gasteiger partial charge >= 0.3 is 6.18 Å². The lowest BCUT2D eigenvalue weighted by molar-refractivity contribution is -0.145. The summed E-state index contributed by atoms with van der Waals surface area (Å²) in [4.78, 5) is 29.2. The van der Waals surface area contributed by atoms with Crippen LogP contribution >= 0.6 is 11.6 Å². The van der Waals surface area contributed by atoms with Crippen LogP contribution in [0.15, 0.2) is 36.7 Å². The lowest BCUT2D eigenvalue weighted by Gasteiger charge is -2.34. The molecule has 1 aliphatic heterocycles. The second kappa shape index (κ2) is 12.9. The van der Waals surface area contributed by atoms with Gasteiger partial charge in [-0.15, -0.1) is 0 Å². The van der Waals surface area contributed by atoms with Crippen LogP contribution in [0.4, 0.5) is 19.0 Å². The Morgan fingerprint density at radius 1 is 1.18 bits per heavy atom. The Bertz CT molecular complexity index is 1270. The maximum atomic E-state index is 13.4. The summed E-state index contributed by atoms with van der Waals surface area (Å²) in [6, 6.07) is 6.64. The number of fused-ring (bicyclic) bond motifs is 1. The molecule has 1 amide bonds. The zero-order valence-electron chi connectivity index (χ0n) is 21.8. The first-order valence-corrected chi connectivity index (χ1v) is 13.0. The van der Waals surface area contributed by atoms with Gasteiger partial charge in [0.2, 0.25) is 5.82 Å². The smallest absolute Gasteiger partial charge is 0.379 e. The molecular formula is C26H31ClF3N7O2. The van der Waals surface area contributed by atoms with Gasteiger partial charge in [0.05, 0.1) is 35.4 Å². The van der Waals surface area contributed by atoms with E-state index in [9.17, 15) is 18.0 Å². The highest BCUT2D eigenvalue weighted by molar-refractivity contribution is 6.35. The minimum Gasteiger partial charge on any atom is -0.379 e. The molecule has 1 aromatic carbocycles. The first kappa shape index (κ1) is 28.9. The third-order valence-electron chi connectivity index (χ3n) is 6.60. The van der Waals surface area contributed by atoms with Crippen molar-refractivity contribution in [2.24, 2.45) is 0 Å². The van der Waals surface area contributed by atoms with Crippen LogP contribution in [-0.2, 0) is 10.9 Å². The molecule has 210 valence electrons. The second-order valence-corrected chi connectivity index (χ2v) is 9.66. The van der Waals surface area contributed by atoms with Gasteiger partial charge in [-0.3, -0.25) is 9.69 Å². The molecule has 0 bridgehead atoms. The maximum absolute atomic E-state index is 13.4. The number of pyridine rings is 1. The summed E-state index contributed by atoms with van der Waals surface area (Å²) in [7, 11) is 3.87. The van der Waals surface area contributed by atoms with Crippen molar-refractivity contribution in [1.82, 2.24) is 30.5 Å². The lowest BCUT2D eigenvalue weighted by Crippen LogP contribution is -2.44. The van der Waals surface area contributed by atoms with E-state index in [1.807, 2.05) is 36.0 Å². The van der Waals surface area contributed by atoms with Gasteiger partial charge in [0.1, 0.15) is 5.82 Å². The van der Waals surface area contributed by atoms with E-state index in [0.717, 1.165) is 37.7 Å². The molecule has 0 radical (unpaired) electrons. The minimum atomic E-state index is -4.64. The fourth-order valence-electron chi connectivity index (χ4n) is 4.50. The number of benzene rings is 1. The van der Waals surface area contributed by atoms with E-state index < -0.39 is 23.9 Å². The van der Waals surface area contributed by atoms with Crippen molar-refractivity contribution in [2.45, 2.75) is 18.6 Å². The zero-order chi connectivity index (χ0) is 28.0. The molecule has 1 unspecified atom stereocenters. The van der Waals surface area contributed by atoms with Crippen LogP contribution in [0.25, 0.3) is 10.9 Å². The fourth-order valence-corrected chi connectivity index (χ4v) is 4.75. The van der Waals surface area contributed by atoms with Gasteiger partial charge < -0.3 is 20.3 Å². The third kappa shape index (κ3) is 7.13. The van der Waals surface area contributed by atoms with Crippen LogP contribution in [0.3, 0.4) is 0 Å². The number of anilines is 1. The number of carbonyl (C=O) groups excluding carboxylic acids is 1. The SMILES string of the molecule is CNCCCN(C)c1ccc2c(C(=O)NCC(c3cnc(C(F)(F)F)nc3)N3CCOCC3)c(Cl)ccc2n1. The molecule has 3 aromatic rings. The van der Waals surface area contributed by atoms with E-state index in [1.54, 1.807) is 12.1 Å². The van der Waals surface area contributed by atoms with Crippen molar-refractivity contribution < 1.29 is 22.7 Å². The Morgan fingerprint density at radius 3 is 2.56 bits per heavy atom. The van der Waals surface area contributed by atoms with E-state index in [4.69, 9.17) is 21.3 Å². The fraction of sp³-hybridized carbons (Fsp3) is 0.462. The topological polar surface area (TPSA) is 95.5 Å². The van der Waals surface area contributed by atoms with Crippen molar-refractivity contribution in [3.63, 3.8) is 0 Å². The number of halogens is 4. The quantitative estimate of drug-likeness (QED) is 0.361. The summed E-state index contributed by atoms with van der Waals surface area (Å²) in [6.45, 7) is 3.85. The van der Waals surface area contributed by atoms with Crippen molar-refractivity contribution in [3.8, 4) is 0 Å². The molecule has 0 aliphatic carbocycles. The number of ether oxygens (including phenoxy) is 1. The summed E-state index contributed by atoms with van der Waals surface area (Å²) in [6.07, 6.45) is -1.37. The summed E-state index contributed by atoms with van der Waals surface area (Å²) < 4.78 is 44.4. The largest absolute Gasteiger partial charge is 0.451 e. The van der Waals surface area contributed by atoms with Crippen LogP contribution in [0, 0.1) is 0 Å². The number of nitrogens with one attached hydrogen (secondary N) is 2. The number of hydrogen-bond acceptors (Lipinski definition) is 8. The van der Waals surface area contributed by atoms with E-state index in [0.29, 0.717) is 42.8 Å². The second-order valence-electron chi connectivity index (χ2n) is 9.25. The van der Waals surface area contributed by atoms with Gasteiger partial charge in [-0.05, 0) is 44.3 Å². The molecule has 2 N–H and O–H groups in total. The molecule has 1 saturated heterocycles. The molecule has 9 nitrogen and oxygen atoms in total. The van der Waals surface area contributed by atoms with E-state index >= 15 is 0 Å². The van der Waals surface area contributed by atoms with Gasteiger partial charge in [0.25, 0.3) is 5.91 Å². The van der Waals surface area contributed by atoms with Crippen molar-refractivity contribution in [1.29, 1.82) is 0 Å². The van der Waals surface area contributed by atoms with Crippen LogP contribution in [0.2, 0.25) is 5.02 Å². The maximum Gasteiger partial charge on any atom is 0.451 e. The number of rotatable bonds is 10. The number of aromatic nitrogens is 3. The van der Waals surface area contributed by atoms with Gasteiger partial charge in [-0.2, -0.15) is 13.2 Å². The Kier molecular flexibility index (Phi) is 9.54. The Balaban J connectivity index is 1.55. The molecule has 4 rings (SSSR count). The van der Waals surface area contributed by atoms with Gasteiger partial charge in [-0.1, -0.05) is 11.6 Å². The predicted molar refractivity (Wildman–Crippen MR) is 143 cm³/mol. The Labute approximate surface area is 229 Å². The molecule has 0 saturated carbocycles. The highest BCUT2D eigenvalue weighted by Crippen LogP contribution is 2.29. The van der Waals surface area contributed by atoms with Crippen LogP contribution in [-0.4, -0.2) is 85.8 Å². The predicted octanol–water partition coefficient (Wildman–Crippen LogP) is 3.55. The van der Waals surface area contributed by atoms with Crippen LogP contribution in [0.1, 0.15) is 34.2 Å². The first-order chi connectivity index (χ1) is 18.7. The number of alkyl halides is 3. The molecule has 1 fully saturated rings. The highest BCUT2D eigenvalue weighted by atomic mass is 35.5. The summed E-state index contributed by atoms with van der Waals surface area (Å²) in [5, 5.41) is 6.92. The minimum absolute atomic E-state index is 0.111. The van der Waals surface area contributed by atoms with Gasteiger partial charge in [0.15, 0.2) is 0 Å². The lowest BCUT2D eigenvalue weighted by atomic mass is 10.1. The summed E-state index contributed by atoms with van der Waals surface area (Å²) in [5.74, 6) is -0.839. The number of nitrogens with zero attached hydrogens (tertiary/aromatic N) is 5. The molecule has 1 aliphatic rings. The normalized spacial score (nSPS) is 15.3. The molecule has 13 heteroatoms.